The van der Waals surface area contributed by atoms with Crippen molar-refractivity contribution in [2.45, 2.75) is 32.2 Å². The van der Waals surface area contributed by atoms with Crippen LogP contribution in [0.4, 0.5) is 0 Å². The van der Waals surface area contributed by atoms with E-state index in [0.717, 1.165) is 42.6 Å². The van der Waals surface area contributed by atoms with Gasteiger partial charge in [0.05, 0.1) is 11.7 Å². The van der Waals surface area contributed by atoms with Crippen molar-refractivity contribution in [2.24, 2.45) is 0 Å². The van der Waals surface area contributed by atoms with Gasteiger partial charge in [0, 0.05) is 31.1 Å². The number of hydrogen-bond donors (Lipinski definition) is 1. The fraction of sp³-hybridized carbons (Fsp3) is 0.562. The Labute approximate surface area is 138 Å². The first kappa shape index (κ1) is 14.8. The van der Waals surface area contributed by atoms with Gasteiger partial charge in [-0.05, 0) is 31.7 Å². The number of rotatable bonds is 2. The maximum atomic E-state index is 12.9. The Hall–Kier alpha value is -1.73. The molecule has 1 saturated heterocycles. The molecule has 3 heterocycles. The van der Waals surface area contributed by atoms with Crippen molar-refractivity contribution < 1.29 is 4.79 Å². The second kappa shape index (κ2) is 5.72. The number of carbonyl (C=O) groups is 1. The summed E-state index contributed by atoms with van der Waals surface area (Å²) in [6, 6.07) is -0.505. The molecular weight excluding hydrogens is 312 g/mol. The van der Waals surface area contributed by atoms with Gasteiger partial charge in [-0.2, -0.15) is 0 Å². The second-order valence-corrected chi connectivity index (χ2v) is 7.33. The van der Waals surface area contributed by atoms with Crippen molar-refractivity contribution in [1.29, 1.82) is 0 Å². The molecule has 1 aliphatic heterocycles. The topological polar surface area (TPSA) is 67.2 Å². The maximum absolute atomic E-state index is 12.9. The maximum Gasteiger partial charge on any atom is 0.263 e. The lowest BCUT2D eigenvalue weighted by Gasteiger charge is -2.30. The van der Waals surface area contributed by atoms with Crippen LogP contribution >= 0.6 is 11.3 Å². The van der Waals surface area contributed by atoms with Crippen LogP contribution in [0.15, 0.2) is 11.1 Å². The molecule has 1 atom stereocenters. The van der Waals surface area contributed by atoms with E-state index in [0.29, 0.717) is 13.1 Å². The molecular formula is C16H20N4O2S. The van der Waals surface area contributed by atoms with E-state index in [9.17, 15) is 9.59 Å². The first-order chi connectivity index (χ1) is 11.2. The predicted octanol–water partition coefficient (Wildman–Crippen LogP) is 0.940. The highest BCUT2D eigenvalue weighted by Crippen LogP contribution is 2.34. The second-order valence-electron chi connectivity index (χ2n) is 6.25. The molecule has 2 aliphatic rings. The smallest absolute Gasteiger partial charge is 0.263 e. The molecule has 4 rings (SSSR count). The first-order valence-electron chi connectivity index (χ1n) is 8.17. The molecule has 0 saturated carbocycles. The van der Waals surface area contributed by atoms with Crippen LogP contribution in [0.2, 0.25) is 0 Å². The van der Waals surface area contributed by atoms with Crippen LogP contribution in [0.5, 0.6) is 0 Å². The standard InChI is InChI=1S/C16H20N4O2S/c1-10(15(21)19-7-5-17-6-8-19)20-9-18-14-13(16(20)22)11-3-2-4-12(11)23-14/h9-10,17H,2-8H2,1H3. The van der Waals surface area contributed by atoms with Gasteiger partial charge < -0.3 is 10.2 Å². The molecule has 0 radical (unpaired) electrons. The predicted molar refractivity (Wildman–Crippen MR) is 90.1 cm³/mol. The SMILES string of the molecule is CC(C(=O)N1CCNCC1)n1cnc2sc3c(c2c1=O)CCC3. The molecule has 1 aliphatic carbocycles. The Morgan fingerprint density at radius 2 is 2.13 bits per heavy atom. The molecule has 1 amide bonds. The molecule has 7 heteroatoms. The summed E-state index contributed by atoms with van der Waals surface area (Å²) in [5, 5.41) is 3.98. The fourth-order valence-corrected chi connectivity index (χ4v) is 4.76. The number of aryl methyl sites for hydroxylation is 2. The zero-order valence-electron chi connectivity index (χ0n) is 13.2. The average molecular weight is 332 g/mol. The van der Waals surface area contributed by atoms with Gasteiger partial charge in [0.25, 0.3) is 5.56 Å². The summed E-state index contributed by atoms with van der Waals surface area (Å²) in [7, 11) is 0. The highest BCUT2D eigenvalue weighted by Gasteiger charge is 2.27. The third-order valence-corrected chi connectivity index (χ3v) is 6.05. The Morgan fingerprint density at radius 3 is 2.91 bits per heavy atom. The summed E-state index contributed by atoms with van der Waals surface area (Å²) in [4.78, 5) is 34.0. The van der Waals surface area contributed by atoms with Gasteiger partial charge in [-0.3, -0.25) is 14.2 Å². The van der Waals surface area contributed by atoms with E-state index < -0.39 is 6.04 Å². The van der Waals surface area contributed by atoms with E-state index in [4.69, 9.17) is 0 Å². The van der Waals surface area contributed by atoms with Crippen LogP contribution in [0.1, 0.15) is 29.8 Å². The van der Waals surface area contributed by atoms with Gasteiger partial charge in [-0.15, -0.1) is 11.3 Å². The van der Waals surface area contributed by atoms with E-state index in [1.807, 2.05) is 4.90 Å². The van der Waals surface area contributed by atoms with Crippen molar-refractivity contribution in [3.8, 4) is 0 Å². The molecule has 0 aromatic carbocycles. The molecule has 2 aromatic heterocycles. The minimum atomic E-state index is -0.505. The summed E-state index contributed by atoms with van der Waals surface area (Å²) in [5.41, 5.74) is 1.10. The highest BCUT2D eigenvalue weighted by atomic mass is 32.1. The third kappa shape index (κ3) is 2.38. The average Bonchev–Trinajstić information content (AvgIpc) is 3.15. The lowest BCUT2D eigenvalue weighted by Crippen LogP contribution is -2.49. The third-order valence-electron chi connectivity index (χ3n) is 4.85. The van der Waals surface area contributed by atoms with Crippen molar-refractivity contribution in [2.75, 3.05) is 26.2 Å². The number of aromatic nitrogens is 2. The lowest BCUT2D eigenvalue weighted by molar-refractivity contribution is -0.134. The van der Waals surface area contributed by atoms with Crippen molar-refractivity contribution in [3.05, 3.63) is 27.1 Å². The van der Waals surface area contributed by atoms with Gasteiger partial charge in [0.15, 0.2) is 0 Å². The number of fused-ring (bicyclic) bond motifs is 3. The molecule has 1 fully saturated rings. The van der Waals surface area contributed by atoms with Gasteiger partial charge in [0.1, 0.15) is 10.9 Å². The number of nitrogens with one attached hydrogen (secondary N) is 1. The molecule has 2 aromatic rings. The summed E-state index contributed by atoms with van der Waals surface area (Å²) in [6.45, 7) is 4.81. The van der Waals surface area contributed by atoms with Crippen LogP contribution < -0.4 is 10.9 Å². The van der Waals surface area contributed by atoms with E-state index >= 15 is 0 Å². The molecule has 122 valence electrons. The normalized spacial score (nSPS) is 19.1. The molecule has 1 N–H and O–H groups in total. The molecule has 0 spiro atoms. The quantitative estimate of drug-likeness (QED) is 0.889. The zero-order chi connectivity index (χ0) is 16.0. The van der Waals surface area contributed by atoms with Crippen LogP contribution in [0.3, 0.4) is 0 Å². The van der Waals surface area contributed by atoms with Crippen LogP contribution in [-0.4, -0.2) is 46.5 Å². The van der Waals surface area contributed by atoms with Crippen molar-refractivity contribution in [3.63, 3.8) is 0 Å². The Morgan fingerprint density at radius 1 is 1.35 bits per heavy atom. The summed E-state index contributed by atoms with van der Waals surface area (Å²) < 4.78 is 1.51. The highest BCUT2D eigenvalue weighted by molar-refractivity contribution is 7.18. The molecule has 6 nitrogen and oxygen atoms in total. The zero-order valence-corrected chi connectivity index (χ0v) is 14.0. The van der Waals surface area contributed by atoms with Gasteiger partial charge in [0.2, 0.25) is 5.91 Å². The molecule has 1 unspecified atom stereocenters. The summed E-state index contributed by atoms with van der Waals surface area (Å²) in [6.07, 6.45) is 4.66. The summed E-state index contributed by atoms with van der Waals surface area (Å²) >= 11 is 1.63. The van der Waals surface area contributed by atoms with Gasteiger partial charge in [-0.1, -0.05) is 0 Å². The Balaban J connectivity index is 1.72. The Kier molecular flexibility index (Phi) is 3.69. The number of carbonyl (C=O) groups excluding carboxylic acids is 1. The summed E-state index contributed by atoms with van der Waals surface area (Å²) in [5.74, 6) is 0.00150. The minimum Gasteiger partial charge on any atom is -0.338 e. The van der Waals surface area contributed by atoms with E-state index in [1.165, 1.54) is 15.0 Å². The molecule has 0 bridgehead atoms. The minimum absolute atomic E-state index is 0.00150. The van der Waals surface area contributed by atoms with E-state index in [2.05, 4.69) is 10.3 Å². The molecule has 23 heavy (non-hydrogen) atoms. The number of nitrogens with zero attached hydrogens (tertiary/aromatic N) is 3. The monoisotopic (exact) mass is 332 g/mol. The van der Waals surface area contributed by atoms with Crippen molar-refractivity contribution >= 4 is 27.5 Å². The van der Waals surface area contributed by atoms with Crippen molar-refractivity contribution in [1.82, 2.24) is 19.8 Å². The number of thiophene rings is 1. The largest absolute Gasteiger partial charge is 0.338 e. The van der Waals surface area contributed by atoms with E-state index in [-0.39, 0.29) is 11.5 Å². The lowest BCUT2D eigenvalue weighted by atomic mass is 10.2. The number of amides is 1. The van der Waals surface area contributed by atoms with Gasteiger partial charge in [-0.25, -0.2) is 4.98 Å². The van der Waals surface area contributed by atoms with E-state index in [1.54, 1.807) is 24.6 Å². The van der Waals surface area contributed by atoms with Crippen LogP contribution in [-0.2, 0) is 17.6 Å². The van der Waals surface area contributed by atoms with Crippen LogP contribution in [0.25, 0.3) is 10.2 Å². The first-order valence-corrected chi connectivity index (χ1v) is 8.99. The Bertz CT molecular complexity index is 819. The van der Waals surface area contributed by atoms with Crippen LogP contribution in [0, 0.1) is 0 Å². The number of hydrogen-bond acceptors (Lipinski definition) is 5. The van der Waals surface area contributed by atoms with Gasteiger partial charge >= 0.3 is 0 Å². The number of piperazine rings is 1. The fourth-order valence-electron chi connectivity index (χ4n) is 3.54.